The summed E-state index contributed by atoms with van der Waals surface area (Å²) in [5.41, 5.74) is 5.18. The lowest BCUT2D eigenvalue weighted by atomic mass is 9.58. The molecule has 20 heavy (non-hydrogen) atoms. The summed E-state index contributed by atoms with van der Waals surface area (Å²) >= 11 is 0. The minimum atomic E-state index is -0.978. The lowest BCUT2D eigenvalue weighted by Gasteiger charge is -2.46. The molecule has 3 heteroatoms. The lowest BCUT2D eigenvalue weighted by Crippen LogP contribution is -2.50. The van der Waals surface area contributed by atoms with Gasteiger partial charge in [-0.2, -0.15) is 0 Å². The van der Waals surface area contributed by atoms with E-state index in [1.165, 1.54) is 0 Å². The van der Waals surface area contributed by atoms with Crippen LogP contribution in [-0.4, -0.2) is 16.6 Å². The van der Waals surface area contributed by atoms with Gasteiger partial charge in [0, 0.05) is 5.92 Å². The fourth-order valence-electron chi connectivity index (χ4n) is 3.91. The molecule has 0 aliphatic heterocycles. The van der Waals surface area contributed by atoms with Crippen molar-refractivity contribution >= 4 is 5.91 Å². The second-order valence-corrected chi connectivity index (χ2v) is 6.58. The third-order valence-corrected chi connectivity index (χ3v) is 4.63. The third kappa shape index (κ3) is 2.73. The molecule has 0 aromatic heterocycles. The summed E-state index contributed by atoms with van der Waals surface area (Å²) in [6, 6.07) is 9.82. The second kappa shape index (κ2) is 5.57. The molecule has 1 saturated carbocycles. The van der Waals surface area contributed by atoms with Gasteiger partial charge in [-0.25, -0.2) is 0 Å². The molecule has 0 unspecified atom stereocenters. The maximum absolute atomic E-state index is 12.2. The van der Waals surface area contributed by atoms with Gasteiger partial charge >= 0.3 is 0 Å². The minimum Gasteiger partial charge on any atom is -0.390 e. The van der Waals surface area contributed by atoms with E-state index >= 15 is 0 Å². The number of carbonyl (C=O) groups excluding carboxylic acids is 1. The number of primary amides is 1. The largest absolute Gasteiger partial charge is 0.390 e. The fraction of sp³-hybridized carbons (Fsp3) is 0.588. The monoisotopic (exact) mass is 275 g/mol. The van der Waals surface area contributed by atoms with Gasteiger partial charge in [0.1, 0.15) is 0 Å². The first kappa shape index (κ1) is 15.0. The van der Waals surface area contributed by atoms with Crippen LogP contribution in [0.3, 0.4) is 0 Å². The van der Waals surface area contributed by atoms with Crippen LogP contribution in [0, 0.1) is 5.41 Å². The molecular formula is C17H25NO2. The second-order valence-electron chi connectivity index (χ2n) is 6.58. The Hall–Kier alpha value is -1.35. The Labute approximate surface area is 121 Å². The van der Waals surface area contributed by atoms with Crippen molar-refractivity contribution < 1.29 is 9.90 Å². The summed E-state index contributed by atoms with van der Waals surface area (Å²) in [6.07, 6.45) is 4.69. The first-order valence-corrected chi connectivity index (χ1v) is 7.45. The molecule has 1 atom stereocenters. The SMILES string of the molecule is CC(C)(O)[C@@H](c1ccccc1)C1(C(N)=O)CCCCC1. The molecule has 0 spiro atoms. The predicted molar refractivity (Wildman–Crippen MR) is 80.2 cm³/mol. The molecule has 0 heterocycles. The highest BCUT2D eigenvalue weighted by molar-refractivity contribution is 5.82. The Bertz CT molecular complexity index is 456. The van der Waals surface area contributed by atoms with Crippen LogP contribution in [0.25, 0.3) is 0 Å². The number of amides is 1. The van der Waals surface area contributed by atoms with Crippen molar-refractivity contribution in [3.05, 3.63) is 35.9 Å². The van der Waals surface area contributed by atoms with Crippen molar-refractivity contribution in [3.8, 4) is 0 Å². The number of hydrogen-bond acceptors (Lipinski definition) is 2. The number of nitrogens with two attached hydrogens (primary N) is 1. The highest BCUT2D eigenvalue weighted by atomic mass is 16.3. The molecule has 1 aliphatic rings. The molecule has 0 radical (unpaired) electrons. The standard InChI is InChI=1S/C17H25NO2/c1-16(2,20)14(13-9-5-3-6-10-13)17(15(18)19)11-7-4-8-12-17/h3,5-6,9-10,14,20H,4,7-8,11-12H2,1-2H3,(H2,18,19)/t14-/m1/s1. The number of rotatable bonds is 4. The van der Waals surface area contributed by atoms with Crippen molar-refractivity contribution in [2.75, 3.05) is 0 Å². The van der Waals surface area contributed by atoms with Crippen LogP contribution in [0.15, 0.2) is 30.3 Å². The highest BCUT2D eigenvalue weighted by Gasteiger charge is 2.51. The average Bonchev–Trinajstić information content (AvgIpc) is 2.39. The first-order chi connectivity index (χ1) is 9.38. The molecule has 2 rings (SSSR count). The molecule has 0 bridgehead atoms. The molecule has 110 valence electrons. The number of aliphatic hydroxyl groups is 1. The molecule has 1 aromatic carbocycles. The van der Waals surface area contributed by atoms with Gasteiger partial charge in [0.05, 0.1) is 11.0 Å². The lowest BCUT2D eigenvalue weighted by molar-refractivity contribution is -0.136. The van der Waals surface area contributed by atoms with E-state index in [0.717, 1.165) is 37.7 Å². The van der Waals surface area contributed by atoms with Crippen LogP contribution in [-0.2, 0) is 4.79 Å². The summed E-state index contributed by atoms with van der Waals surface area (Å²) in [7, 11) is 0. The van der Waals surface area contributed by atoms with Crippen LogP contribution in [0.4, 0.5) is 0 Å². The summed E-state index contributed by atoms with van der Waals surface area (Å²) in [5, 5.41) is 10.7. The summed E-state index contributed by atoms with van der Waals surface area (Å²) in [4.78, 5) is 12.2. The molecule has 1 aliphatic carbocycles. The number of carbonyl (C=O) groups is 1. The Morgan fingerprint density at radius 1 is 1.20 bits per heavy atom. The van der Waals surface area contributed by atoms with Gasteiger partial charge in [-0.3, -0.25) is 4.79 Å². The summed E-state index contributed by atoms with van der Waals surface area (Å²) in [5.74, 6) is -0.526. The van der Waals surface area contributed by atoms with E-state index in [9.17, 15) is 9.90 Å². The van der Waals surface area contributed by atoms with Crippen molar-refractivity contribution in [1.82, 2.24) is 0 Å². The average molecular weight is 275 g/mol. The molecule has 3 nitrogen and oxygen atoms in total. The van der Waals surface area contributed by atoms with E-state index in [1.807, 2.05) is 30.3 Å². The number of benzene rings is 1. The van der Waals surface area contributed by atoms with Crippen molar-refractivity contribution in [2.45, 2.75) is 57.5 Å². The molecule has 1 aromatic rings. The van der Waals surface area contributed by atoms with Crippen molar-refractivity contribution in [3.63, 3.8) is 0 Å². The van der Waals surface area contributed by atoms with Gasteiger partial charge in [-0.15, -0.1) is 0 Å². The minimum absolute atomic E-state index is 0.256. The highest BCUT2D eigenvalue weighted by Crippen LogP contribution is 2.51. The van der Waals surface area contributed by atoms with Gasteiger partial charge in [0.25, 0.3) is 0 Å². The summed E-state index contributed by atoms with van der Waals surface area (Å²) < 4.78 is 0. The Morgan fingerprint density at radius 3 is 2.20 bits per heavy atom. The Kier molecular flexibility index (Phi) is 4.19. The zero-order chi connectivity index (χ0) is 14.8. The first-order valence-electron chi connectivity index (χ1n) is 7.45. The predicted octanol–water partition coefficient (Wildman–Crippen LogP) is 2.98. The third-order valence-electron chi connectivity index (χ3n) is 4.63. The van der Waals surface area contributed by atoms with E-state index in [0.29, 0.717) is 0 Å². The molecule has 0 saturated heterocycles. The fourth-order valence-corrected chi connectivity index (χ4v) is 3.91. The maximum atomic E-state index is 12.2. The zero-order valence-corrected chi connectivity index (χ0v) is 12.4. The van der Waals surface area contributed by atoms with Crippen molar-refractivity contribution in [2.24, 2.45) is 11.1 Å². The zero-order valence-electron chi connectivity index (χ0n) is 12.4. The van der Waals surface area contributed by atoms with E-state index in [4.69, 9.17) is 5.73 Å². The van der Waals surface area contributed by atoms with Gasteiger partial charge in [0.2, 0.25) is 5.91 Å². The molecule has 1 amide bonds. The van der Waals surface area contributed by atoms with E-state index in [-0.39, 0.29) is 11.8 Å². The quantitative estimate of drug-likeness (QED) is 0.887. The van der Waals surface area contributed by atoms with E-state index < -0.39 is 11.0 Å². The van der Waals surface area contributed by atoms with Gasteiger partial charge < -0.3 is 10.8 Å². The van der Waals surface area contributed by atoms with Crippen molar-refractivity contribution in [1.29, 1.82) is 0 Å². The Balaban J connectivity index is 2.52. The van der Waals surface area contributed by atoms with E-state index in [1.54, 1.807) is 13.8 Å². The molecular weight excluding hydrogens is 250 g/mol. The van der Waals surface area contributed by atoms with Crippen LogP contribution in [0.2, 0.25) is 0 Å². The number of hydrogen-bond donors (Lipinski definition) is 2. The Morgan fingerprint density at radius 2 is 1.75 bits per heavy atom. The normalized spacial score (nSPS) is 20.4. The van der Waals surface area contributed by atoms with Crippen LogP contribution in [0.1, 0.15) is 57.4 Å². The smallest absolute Gasteiger partial charge is 0.224 e. The van der Waals surface area contributed by atoms with Gasteiger partial charge in [-0.05, 0) is 32.3 Å². The molecule has 1 fully saturated rings. The summed E-state index contributed by atoms with van der Waals surface area (Å²) in [6.45, 7) is 3.56. The maximum Gasteiger partial charge on any atom is 0.224 e. The van der Waals surface area contributed by atoms with E-state index in [2.05, 4.69) is 0 Å². The molecule has 3 N–H and O–H groups in total. The topological polar surface area (TPSA) is 63.3 Å². The van der Waals surface area contributed by atoms with Gasteiger partial charge in [-0.1, -0.05) is 49.6 Å². The van der Waals surface area contributed by atoms with Crippen LogP contribution >= 0.6 is 0 Å². The van der Waals surface area contributed by atoms with Crippen LogP contribution < -0.4 is 5.73 Å². The van der Waals surface area contributed by atoms with Gasteiger partial charge in [0.15, 0.2) is 0 Å². The van der Waals surface area contributed by atoms with Crippen LogP contribution in [0.5, 0.6) is 0 Å².